The molecule has 9 nitrogen and oxygen atoms in total. The van der Waals surface area contributed by atoms with Gasteiger partial charge in [0.2, 0.25) is 10.0 Å². The normalized spacial score (nSPS) is 13.1. The first-order valence-corrected chi connectivity index (χ1v) is 12.7. The number of sulfonamides is 1. The number of rotatable bonds is 12. The third-order valence-electron chi connectivity index (χ3n) is 5.74. The molecule has 194 valence electrons. The second-order valence-corrected chi connectivity index (χ2v) is 11.0. The van der Waals surface area contributed by atoms with E-state index < -0.39 is 10.0 Å². The third kappa shape index (κ3) is 8.21. The molecule has 0 radical (unpaired) electrons. The molecule has 1 aromatic carbocycles. The Labute approximate surface area is 216 Å². The lowest BCUT2D eigenvalue weighted by atomic mass is 10.0. The van der Waals surface area contributed by atoms with Crippen molar-refractivity contribution in [3.05, 3.63) is 54.1 Å². The fourth-order valence-electron chi connectivity index (χ4n) is 3.70. The van der Waals surface area contributed by atoms with Crippen LogP contribution in [0.3, 0.4) is 0 Å². The molecular weight excluding hydrogens is 539 g/mol. The van der Waals surface area contributed by atoms with Crippen molar-refractivity contribution < 1.29 is 38.7 Å². The molecular formula is C23H34BrFN6O3S. The van der Waals surface area contributed by atoms with E-state index in [1.54, 1.807) is 12.1 Å². The number of alkyl halides is 1. The Kier molecular flexibility index (Phi) is 10.2. The van der Waals surface area contributed by atoms with Crippen LogP contribution in [0.25, 0.3) is 11.3 Å². The Morgan fingerprint density at radius 1 is 1.14 bits per heavy atom. The van der Waals surface area contributed by atoms with Gasteiger partial charge in [0.15, 0.2) is 5.76 Å². The molecule has 3 rings (SSSR count). The third-order valence-corrected chi connectivity index (χ3v) is 6.67. The van der Waals surface area contributed by atoms with Crippen LogP contribution in [0.1, 0.15) is 31.4 Å². The van der Waals surface area contributed by atoms with E-state index in [-0.39, 0.29) is 40.5 Å². The molecule has 0 fully saturated rings. The number of benzene rings is 1. The Balaban J connectivity index is 0.00000432. The highest BCUT2D eigenvalue weighted by molar-refractivity contribution is 7.89. The topological polar surface area (TPSA) is 116 Å². The van der Waals surface area contributed by atoms with Crippen LogP contribution in [0, 0.1) is 5.92 Å². The monoisotopic (exact) mass is 572 g/mol. The number of halogens is 2. The number of nitrogens with two attached hydrogens (primary N) is 1. The van der Waals surface area contributed by atoms with Crippen LogP contribution >= 0.6 is 0 Å². The molecule has 0 spiro atoms. The van der Waals surface area contributed by atoms with Crippen molar-refractivity contribution in [1.29, 1.82) is 0 Å². The number of nitrogens with one attached hydrogen (secondary N) is 1. The summed E-state index contributed by atoms with van der Waals surface area (Å²) < 4.78 is 43.9. The zero-order chi connectivity index (χ0) is 24.9. The molecule has 12 heteroatoms. The summed E-state index contributed by atoms with van der Waals surface area (Å²) in [5, 5.41) is 17.1. The summed E-state index contributed by atoms with van der Waals surface area (Å²) in [6.07, 6.45) is 1.86. The standard InChI is InChI=1S/C23H34FN6O3S.BrH/c1-17(2)23(14-26-13-19-7-8-20(33-19)16-30(3,4)12-11-24)29-15-22(27-28-29)18-5-9-21(10-6-18)34(25,31)32;/h5-10,15,17,23,26H,11-14,16H2,1-4H3,(H2,25,31,32);1H/q+1;/p-1/t23-;/m1./s1. The molecule has 0 aliphatic rings. The quantitative estimate of drug-likeness (QED) is 0.288. The lowest BCUT2D eigenvalue weighted by Crippen LogP contribution is -3.00. The van der Waals surface area contributed by atoms with Crippen molar-refractivity contribution in [3.8, 4) is 11.3 Å². The van der Waals surface area contributed by atoms with Gasteiger partial charge in [0.05, 0.1) is 37.8 Å². The highest BCUT2D eigenvalue weighted by Gasteiger charge is 2.20. The first-order valence-electron chi connectivity index (χ1n) is 11.2. The van der Waals surface area contributed by atoms with Crippen LogP contribution in [0.4, 0.5) is 4.39 Å². The van der Waals surface area contributed by atoms with Gasteiger partial charge in [-0.1, -0.05) is 31.2 Å². The van der Waals surface area contributed by atoms with Crippen molar-refractivity contribution in [3.63, 3.8) is 0 Å². The van der Waals surface area contributed by atoms with E-state index in [0.29, 0.717) is 36.4 Å². The maximum atomic E-state index is 12.7. The predicted octanol–water partition coefficient (Wildman–Crippen LogP) is -0.278. The highest BCUT2D eigenvalue weighted by Crippen LogP contribution is 2.22. The van der Waals surface area contributed by atoms with Gasteiger partial charge >= 0.3 is 0 Å². The summed E-state index contributed by atoms with van der Waals surface area (Å²) in [4.78, 5) is 0.0545. The zero-order valence-electron chi connectivity index (χ0n) is 20.5. The highest BCUT2D eigenvalue weighted by atomic mass is 79.9. The van der Waals surface area contributed by atoms with Gasteiger partial charge in [-0.15, -0.1) is 5.10 Å². The second kappa shape index (κ2) is 12.2. The average molecular weight is 574 g/mol. The molecule has 0 aliphatic heterocycles. The summed E-state index contributed by atoms with van der Waals surface area (Å²) >= 11 is 0. The van der Waals surface area contributed by atoms with E-state index in [0.717, 1.165) is 17.1 Å². The van der Waals surface area contributed by atoms with Crippen LogP contribution in [0.2, 0.25) is 0 Å². The molecule has 0 saturated carbocycles. The largest absolute Gasteiger partial charge is 1.00 e. The number of primary sulfonamides is 1. The zero-order valence-corrected chi connectivity index (χ0v) is 22.9. The van der Waals surface area contributed by atoms with Crippen LogP contribution < -0.4 is 27.4 Å². The van der Waals surface area contributed by atoms with Crippen molar-refractivity contribution in [2.45, 2.75) is 37.9 Å². The van der Waals surface area contributed by atoms with Gasteiger partial charge in [0, 0.05) is 12.1 Å². The molecule has 3 N–H and O–H groups in total. The molecule has 2 heterocycles. The summed E-state index contributed by atoms with van der Waals surface area (Å²) in [7, 11) is 0.223. The Morgan fingerprint density at radius 3 is 2.40 bits per heavy atom. The van der Waals surface area contributed by atoms with Gasteiger partial charge in [-0.2, -0.15) is 0 Å². The summed E-state index contributed by atoms with van der Waals surface area (Å²) in [6.45, 7) is 6.18. The van der Waals surface area contributed by atoms with Crippen LogP contribution in [0.5, 0.6) is 0 Å². The molecule has 35 heavy (non-hydrogen) atoms. The second-order valence-electron chi connectivity index (χ2n) is 9.47. The number of aromatic nitrogens is 3. The van der Waals surface area contributed by atoms with E-state index >= 15 is 0 Å². The molecule has 2 aromatic heterocycles. The summed E-state index contributed by atoms with van der Waals surface area (Å²) in [5.74, 6) is 1.95. The maximum Gasteiger partial charge on any atom is 0.238 e. The summed E-state index contributed by atoms with van der Waals surface area (Å²) in [6, 6.07) is 10.2. The van der Waals surface area contributed by atoms with E-state index in [1.165, 1.54) is 12.1 Å². The molecule has 3 aromatic rings. The molecule has 1 atom stereocenters. The van der Waals surface area contributed by atoms with Crippen molar-refractivity contribution >= 4 is 10.0 Å². The fourth-order valence-corrected chi connectivity index (χ4v) is 4.21. The lowest BCUT2D eigenvalue weighted by Gasteiger charge is -2.27. The van der Waals surface area contributed by atoms with Gasteiger partial charge in [-0.3, -0.25) is 0 Å². The van der Waals surface area contributed by atoms with Crippen LogP contribution in [0.15, 0.2) is 51.9 Å². The number of quaternary nitrogens is 1. The molecule has 0 bridgehead atoms. The van der Waals surface area contributed by atoms with Gasteiger partial charge < -0.3 is 31.2 Å². The molecule has 0 amide bonds. The van der Waals surface area contributed by atoms with Gasteiger partial charge in [0.25, 0.3) is 0 Å². The number of nitrogens with zero attached hydrogens (tertiary/aromatic N) is 4. The van der Waals surface area contributed by atoms with Crippen LogP contribution in [-0.2, 0) is 23.1 Å². The number of furan rings is 1. The first kappa shape index (κ1) is 29.1. The minimum absolute atomic E-state index is 0. The van der Waals surface area contributed by atoms with E-state index in [9.17, 15) is 12.8 Å². The SMILES string of the molecule is CC(C)[C@@H](CNCc1ccc(C[N+](C)(C)CCF)o1)n1cc(-c2ccc(S(N)(=O)=O)cc2)nn1.[Br-]. The van der Waals surface area contributed by atoms with Gasteiger partial charge in [-0.25, -0.2) is 22.6 Å². The number of hydrogen-bond donors (Lipinski definition) is 2. The van der Waals surface area contributed by atoms with E-state index in [2.05, 4.69) is 29.5 Å². The minimum atomic E-state index is -3.74. The fraction of sp³-hybridized carbons (Fsp3) is 0.478. The molecule has 0 unspecified atom stereocenters. The molecule has 0 saturated heterocycles. The maximum absolute atomic E-state index is 12.7. The Hall–Kier alpha value is -2.12. The van der Waals surface area contributed by atoms with Crippen LogP contribution in [-0.4, -0.2) is 61.8 Å². The van der Waals surface area contributed by atoms with Crippen molar-refractivity contribution in [2.75, 3.05) is 33.9 Å². The number of hydrogen-bond acceptors (Lipinski definition) is 6. The van der Waals surface area contributed by atoms with Gasteiger partial charge in [0.1, 0.15) is 31.2 Å². The van der Waals surface area contributed by atoms with E-state index in [1.807, 2.05) is 37.1 Å². The average Bonchev–Trinajstić information content (AvgIpc) is 3.40. The lowest BCUT2D eigenvalue weighted by molar-refractivity contribution is -0.904. The van der Waals surface area contributed by atoms with Gasteiger partial charge in [-0.05, 0) is 30.2 Å². The predicted molar refractivity (Wildman–Crippen MR) is 128 cm³/mol. The molecule has 0 aliphatic carbocycles. The van der Waals surface area contributed by atoms with Crippen molar-refractivity contribution in [2.24, 2.45) is 11.1 Å². The summed E-state index contributed by atoms with van der Waals surface area (Å²) in [5.41, 5.74) is 1.41. The smallest absolute Gasteiger partial charge is 0.238 e. The Bertz CT molecular complexity index is 1180. The minimum Gasteiger partial charge on any atom is -1.00 e. The van der Waals surface area contributed by atoms with Crippen molar-refractivity contribution in [1.82, 2.24) is 20.3 Å². The Morgan fingerprint density at radius 2 is 1.80 bits per heavy atom. The van der Waals surface area contributed by atoms with E-state index in [4.69, 9.17) is 9.56 Å². The first-order chi connectivity index (χ1) is 16.0.